The summed E-state index contributed by atoms with van der Waals surface area (Å²) >= 11 is 7.14. The third kappa shape index (κ3) is 7.86. The highest BCUT2D eigenvalue weighted by Gasteiger charge is 2.36. The zero-order valence-electron chi connectivity index (χ0n) is 22.0. The predicted octanol–water partition coefficient (Wildman–Crippen LogP) is 5.88. The normalized spacial score (nSPS) is 13.9. The second kappa shape index (κ2) is 13.3. The first-order valence-electron chi connectivity index (χ1n) is 12.4. The number of carbonyl (C=O) groups excluding carboxylic acids is 4. The highest BCUT2D eigenvalue weighted by Crippen LogP contribution is 2.39. The van der Waals surface area contributed by atoms with Gasteiger partial charge in [-0.25, -0.2) is 4.39 Å². The molecule has 1 aliphatic rings. The molecule has 1 fully saturated rings. The van der Waals surface area contributed by atoms with Crippen LogP contribution in [0, 0.1) is 12.7 Å². The molecule has 1 aliphatic heterocycles. The van der Waals surface area contributed by atoms with Crippen LogP contribution in [-0.2, 0) is 14.4 Å². The Morgan fingerprint density at radius 1 is 1.00 bits per heavy atom. The lowest BCUT2D eigenvalue weighted by atomic mass is 10.1. The Labute approximate surface area is 244 Å². The Kier molecular flexibility index (Phi) is 9.64. The maximum atomic E-state index is 13.1. The molecule has 212 valence electrons. The number of imide groups is 1. The van der Waals surface area contributed by atoms with Crippen molar-refractivity contribution in [2.24, 2.45) is 0 Å². The summed E-state index contributed by atoms with van der Waals surface area (Å²) in [6.07, 6.45) is 1.46. The zero-order valence-corrected chi connectivity index (χ0v) is 23.6. The second-order valence-corrected chi connectivity index (χ2v) is 10.2. The van der Waals surface area contributed by atoms with E-state index in [9.17, 15) is 23.6 Å². The molecule has 12 heteroatoms. The molecule has 41 heavy (non-hydrogen) atoms. The molecule has 0 unspecified atom stereocenters. The Morgan fingerprint density at radius 3 is 2.44 bits per heavy atom. The molecule has 3 aromatic rings. The van der Waals surface area contributed by atoms with Crippen LogP contribution < -0.4 is 20.1 Å². The van der Waals surface area contributed by atoms with Crippen molar-refractivity contribution in [2.45, 2.75) is 13.8 Å². The number of nitrogens with zero attached hydrogens (tertiary/aromatic N) is 1. The van der Waals surface area contributed by atoms with E-state index in [-0.39, 0.29) is 28.0 Å². The van der Waals surface area contributed by atoms with Crippen LogP contribution in [-0.4, -0.2) is 47.6 Å². The van der Waals surface area contributed by atoms with Crippen molar-refractivity contribution in [1.82, 2.24) is 4.90 Å². The quantitative estimate of drug-likeness (QED) is 0.281. The molecule has 1 saturated heterocycles. The van der Waals surface area contributed by atoms with Crippen molar-refractivity contribution in [3.8, 4) is 11.5 Å². The molecule has 0 spiro atoms. The SMILES string of the molecule is CCOc1cc(/C=C2\SC(=O)N(CC(=O)Nc3cccc(C)c3)C2=O)cc(Cl)c1OCC(=O)Nc1ccc(F)cc1. The van der Waals surface area contributed by atoms with Gasteiger partial charge in [0, 0.05) is 11.4 Å². The number of anilines is 2. The standard InChI is InChI=1S/C29H25ClFN3O6S/c1-3-39-23-13-18(12-22(30)27(23)40-16-26(36)32-20-9-7-19(31)8-10-20)14-24-28(37)34(29(38)41-24)15-25(35)33-21-6-4-5-17(2)11-21/h4-14H,3,15-16H2,1-2H3,(H,32,36)(H,33,35)/b24-14-. The van der Waals surface area contributed by atoms with E-state index in [4.69, 9.17) is 21.1 Å². The van der Waals surface area contributed by atoms with Crippen LogP contribution in [0.4, 0.5) is 20.6 Å². The van der Waals surface area contributed by atoms with Crippen molar-refractivity contribution in [3.63, 3.8) is 0 Å². The summed E-state index contributed by atoms with van der Waals surface area (Å²) in [5.41, 5.74) is 2.35. The van der Waals surface area contributed by atoms with Gasteiger partial charge in [0.1, 0.15) is 12.4 Å². The van der Waals surface area contributed by atoms with Gasteiger partial charge < -0.3 is 20.1 Å². The Bertz CT molecular complexity index is 1530. The number of aryl methyl sites for hydroxylation is 1. The fraction of sp³-hybridized carbons (Fsp3) is 0.172. The molecule has 4 rings (SSSR count). The van der Waals surface area contributed by atoms with Crippen molar-refractivity contribution in [1.29, 1.82) is 0 Å². The summed E-state index contributed by atoms with van der Waals surface area (Å²) in [7, 11) is 0. The van der Waals surface area contributed by atoms with Gasteiger partial charge in [-0.3, -0.25) is 24.1 Å². The number of hydrogen-bond donors (Lipinski definition) is 2. The summed E-state index contributed by atoms with van der Waals surface area (Å²) < 4.78 is 24.3. The predicted molar refractivity (Wildman–Crippen MR) is 156 cm³/mol. The number of thioether (sulfide) groups is 1. The fourth-order valence-electron chi connectivity index (χ4n) is 3.80. The maximum Gasteiger partial charge on any atom is 0.294 e. The Morgan fingerprint density at radius 2 is 1.73 bits per heavy atom. The van der Waals surface area contributed by atoms with Crippen LogP contribution in [0.3, 0.4) is 0 Å². The van der Waals surface area contributed by atoms with Crippen molar-refractivity contribution in [3.05, 3.63) is 87.5 Å². The van der Waals surface area contributed by atoms with Gasteiger partial charge in [-0.05, 0) is 91.3 Å². The van der Waals surface area contributed by atoms with Gasteiger partial charge >= 0.3 is 0 Å². The summed E-state index contributed by atoms with van der Waals surface area (Å²) in [5.74, 6) is -1.73. The number of carbonyl (C=O) groups is 4. The number of ether oxygens (including phenoxy) is 2. The van der Waals surface area contributed by atoms with E-state index in [2.05, 4.69) is 10.6 Å². The van der Waals surface area contributed by atoms with Gasteiger partial charge in [-0.1, -0.05) is 23.7 Å². The lowest BCUT2D eigenvalue weighted by Crippen LogP contribution is -2.36. The molecule has 3 aromatic carbocycles. The summed E-state index contributed by atoms with van der Waals surface area (Å²) in [6.45, 7) is 3.04. The molecule has 0 radical (unpaired) electrons. The van der Waals surface area contributed by atoms with E-state index in [1.165, 1.54) is 36.4 Å². The number of hydrogen-bond acceptors (Lipinski definition) is 7. The highest BCUT2D eigenvalue weighted by atomic mass is 35.5. The van der Waals surface area contributed by atoms with Crippen LogP contribution in [0.15, 0.2) is 65.6 Å². The molecule has 0 aromatic heterocycles. The Hall–Kier alpha value is -4.35. The van der Waals surface area contributed by atoms with Gasteiger partial charge in [0.25, 0.3) is 17.1 Å². The number of halogens is 2. The minimum absolute atomic E-state index is 0.101. The second-order valence-electron chi connectivity index (χ2n) is 8.79. The van der Waals surface area contributed by atoms with E-state index < -0.39 is 41.9 Å². The van der Waals surface area contributed by atoms with Gasteiger partial charge in [0.05, 0.1) is 16.5 Å². The summed E-state index contributed by atoms with van der Waals surface area (Å²) in [5, 5.41) is 4.79. The van der Waals surface area contributed by atoms with E-state index in [1.807, 2.05) is 13.0 Å². The monoisotopic (exact) mass is 597 g/mol. The molecule has 4 amide bonds. The fourth-order valence-corrected chi connectivity index (χ4v) is 4.91. The van der Waals surface area contributed by atoms with E-state index in [0.717, 1.165) is 10.5 Å². The van der Waals surface area contributed by atoms with Crippen molar-refractivity contribution < 1.29 is 33.0 Å². The van der Waals surface area contributed by atoms with Crippen LogP contribution in [0.2, 0.25) is 5.02 Å². The van der Waals surface area contributed by atoms with E-state index in [1.54, 1.807) is 31.2 Å². The molecule has 2 N–H and O–H groups in total. The first-order chi connectivity index (χ1) is 19.6. The third-order valence-electron chi connectivity index (χ3n) is 5.58. The number of benzene rings is 3. The average Bonchev–Trinajstić information content (AvgIpc) is 3.17. The highest BCUT2D eigenvalue weighted by molar-refractivity contribution is 8.18. The summed E-state index contributed by atoms with van der Waals surface area (Å²) in [6, 6.07) is 15.5. The van der Waals surface area contributed by atoms with Crippen LogP contribution in [0.1, 0.15) is 18.1 Å². The van der Waals surface area contributed by atoms with Gasteiger partial charge in [0.15, 0.2) is 18.1 Å². The van der Waals surface area contributed by atoms with Crippen LogP contribution in [0.5, 0.6) is 11.5 Å². The molecule has 0 saturated carbocycles. The third-order valence-corrected chi connectivity index (χ3v) is 6.77. The van der Waals surface area contributed by atoms with Gasteiger partial charge in [0.2, 0.25) is 5.91 Å². The molecule has 0 bridgehead atoms. The first kappa shape index (κ1) is 29.6. The zero-order chi connectivity index (χ0) is 29.5. The maximum absolute atomic E-state index is 13.1. The van der Waals surface area contributed by atoms with Gasteiger partial charge in [-0.2, -0.15) is 0 Å². The molecular formula is C29H25ClFN3O6S. The lowest BCUT2D eigenvalue weighted by Gasteiger charge is -2.15. The number of rotatable bonds is 10. The molecule has 9 nitrogen and oxygen atoms in total. The number of amides is 4. The van der Waals surface area contributed by atoms with E-state index in [0.29, 0.717) is 28.7 Å². The molecule has 0 atom stereocenters. The molecular weight excluding hydrogens is 573 g/mol. The van der Waals surface area contributed by atoms with Crippen molar-refractivity contribution in [2.75, 3.05) is 30.4 Å². The van der Waals surface area contributed by atoms with Gasteiger partial charge in [-0.15, -0.1) is 0 Å². The first-order valence-corrected chi connectivity index (χ1v) is 13.6. The number of nitrogens with one attached hydrogen (secondary N) is 2. The lowest BCUT2D eigenvalue weighted by molar-refractivity contribution is -0.127. The minimum Gasteiger partial charge on any atom is -0.490 e. The van der Waals surface area contributed by atoms with Crippen LogP contribution in [0.25, 0.3) is 6.08 Å². The Balaban J connectivity index is 1.44. The topological polar surface area (TPSA) is 114 Å². The summed E-state index contributed by atoms with van der Waals surface area (Å²) in [4.78, 5) is 51.2. The minimum atomic E-state index is -0.619. The van der Waals surface area contributed by atoms with Crippen LogP contribution >= 0.6 is 23.4 Å². The molecule has 1 heterocycles. The largest absolute Gasteiger partial charge is 0.490 e. The van der Waals surface area contributed by atoms with E-state index >= 15 is 0 Å². The average molecular weight is 598 g/mol. The smallest absolute Gasteiger partial charge is 0.294 e. The van der Waals surface area contributed by atoms with Crippen molar-refractivity contribution >= 4 is 63.8 Å². The molecule has 0 aliphatic carbocycles.